The van der Waals surface area contributed by atoms with Crippen LogP contribution in [0, 0.1) is 5.82 Å². The fourth-order valence-electron chi connectivity index (χ4n) is 2.53. The van der Waals surface area contributed by atoms with Gasteiger partial charge in [0.2, 0.25) is 0 Å². The molecule has 0 fully saturated rings. The molecule has 0 atom stereocenters. The molecule has 0 unspecified atom stereocenters. The highest BCUT2D eigenvalue weighted by Crippen LogP contribution is 2.25. The van der Waals surface area contributed by atoms with Crippen LogP contribution in [-0.4, -0.2) is 0 Å². The smallest absolute Gasteiger partial charge is 0.134 e. The van der Waals surface area contributed by atoms with E-state index in [2.05, 4.69) is 6.92 Å². The lowest BCUT2D eigenvalue weighted by molar-refractivity contribution is 0.590. The fraction of sp³-hybridized carbons (Fsp3) is 0.368. The van der Waals surface area contributed by atoms with Crippen LogP contribution in [-0.2, 0) is 6.42 Å². The van der Waals surface area contributed by atoms with Gasteiger partial charge in [-0.2, -0.15) is 0 Å². The molecule has 0 aliphatic rings. The first kappa shape index (κ1) is 14.8. The second kappa shape index (κ2) is 7.84. The summed E-state index contributed by atoms with van der Waals surface area (Å²) >= 11 is 0. The Morgan fingerprint density at radius 2 is 1.55 bits per heavy atom. The zero-order valence-electron chi connectivity index (χ0n) is 12.2. The predicted octanol–water partition coefficient (Wildman–Crippen LogP) is 6.01. The molecule has 0 radical (unpaired) electrons. The van der Waals surface area contributed by atoms with Crippen LogP contribution in [0.1, 0.15) is 44.6 Å². The monoisotopic (exact) mass is 270 g/mol. The van der Waals surface area contributed by atoms with E-state index in [-0.39, 0.29) is 5.82 Å². The van der Waals surface area contributed by atoms with E-state index in [1.807, 2.05) is 48.5 Å². The Morgan fingerprint density at radius 1 is 0.800 bits per heavy atom. The fourth-order valence-corrected chi connectivity index (χ4v) is 2.53. The van der Waals surface area contributed by atoms with Gasteiger partial charge in [0.15, 0.2) is 0 Å². The highest BCUT2D eigenvalue weighted by atomic mass is 19.1. The average Bonchev–Trinajstić information content (AvgIpc) is 2.49. The van der Waals surface area contributed by atoms with Crippen molar-refractivity contribution < 1.29 is 4.39 Å². The quantitative estimate of drug-likeness (QED) is 0.541. The molecule has 0 aliphatic heterocycles. The van der Waals surface area contributed by atoms with Crippen molar-refractivity contribution in [2.75, 3.05) is 0 Å². The molecule has 20 heavy (non-hydrogen) atoms. The van der Waals surface area contributed by atoms with Crippen LogP contribution in [0.4, 0.5) is 4.39 Å². The third-order valence-electron chi connectivity index (χ3n) is 3.71. The number of aryl methyl sites for hydroxylation is 1. The average molecular weight is 270 g/mol. The van der Waals surface area contributed by atoms with Crippen LogP contribution < -0.4 is 0 Å². The molecule has 0 saturated carbocycles. The SMILES string of the molecule is CCCCCCCc1cccc(-c2ccccc2)c1F. The van der Waals surface area contributed by atoms with Gasteiger partial charge in [0.25, 0.3) is 0 Å². The lowest BCUT2D eigenvalue weighted by Gasteiger charge is -2.08. The van der Waals surface area contributed by atoms with Crippen molar-refractivity contribution >= 4 is 0 Å². The molecule has 0 spiro atoms. The molecule has 0 saturated heterocycles. The lowest BCUT2D eigenvalue weighted by Crippen LogP contribution is -1.94. The highest BCUT2D eigenvalue weighted by molar-refractivity contribution is 5.64. The van der Waals surface area contributed by atoms with Crippen LogP contribution in [0.3, 0.4) is 0 Å². The Hall–Kier alpha value is -1.63. The maximum Gasteiger partial charge on any atom is 0.134 e. The first-order valence-corrected chi connectivity index (χ1v) is 7.65. The Balaban J connectivity index is 2.04. The zero-order chi connectivity index (χ0) is 14.2. The Labute approximate surface area is 121 Å². The van der Waals surface area contributed by atoms with Crippen molar-refractivity contribution in [2.24, 2.45) is 0 Å². The van der Waals surface area contributed by atoms with Gasteiger partial charge in [-0.25, -0.2) is 4.39 Å². The van der Waals surface area contributed by atoms with Crippen LogP contribution in [0.2, 0.25) is 0 Å². The van der Waals surface area contributed by atoms with E-state index in [0.717, 1.165) is 29.5 Å². The molecule has 2 aromatic rings. The largest absolute Gasteiger partial charge is 0.206 e. The van der Waals surface area contributed by atoms with Crippen molar-refractivity contribution in [1.82, 2.24) is 0 Å². The third-order valence-corrected chi connectivity index (χ3v) is 3.71. The molecule has 0 N–H and O–H groups in total. The molecular weight excluding hydrogens is 247 g/mol. The summed E-state index contributed by atoms with van der Waals surface area (Å²) in [4.78, 5) is 0. The van der Waals surface area contributed by atoms with Crippen LogP contribution in [0.15, 0.2) is 48.5 Å². The second-order valence-corrected chi connectivity index (χ2v) is 5.31. The molecule has 2 aromatic carbocycles. The molecule has 0 bridgehead atoms. The van der Waals surface area contributed by atoms with Gasteiger partial charge in [-0.05, 0) is 24.0 Å². The maximum absolute atomic E-state index is 14.5. The Bertz CT molecular complexity index is 517. The number of hydrogen-bond acceptors (Lipinski definition) is 0. The summed E-state index contributed by atoms with van der Waals surface area (Å²) in [7, 11) is 0. The number of halogens is 1. The van der Waals surface area contributed by atoms with E-state index < -0.39 is 0 Å². The van der Waals surface area contributed by atoms with Gasteiger partial charge in [-0.1, -0.05) is 81.1 Å². The zero-order valence-corrected chi connectivity index (χ0v) is 12.2. The molecule has 1 heteroatoms. The first-order chi connectivity index (χ1) is 9.83. The van der Waals surface area contributed by atoms with Crippen molar-refractivity contribution in [1.29, 1.82) is 0 Å². The standard InChI is InChI=1S/C19H23F/c1-2-3-4-5-7-13-17-14-10-15-18(19(17)20)16-11-8-6-9-12-16/h6,8-12,14-15H,2-5,7,13H2,1H3. The summed E-state index contributed by atoms with van der Waals surface area (Å²) < 4.78 is 14.5. The Kier molecular flexibility index (Phi) is 5.79. The molecule has 2 rings (SSSR count). The van der Waals surface area contributed by atoms with Gasteiger partial charge in [0.1, 0.15) is 5.82 Å². The molecule has 0 amide bonds. The number of unbranched alkanes of at least 4 members (excludes halogenated alkanes) is 4. The molecular formula is C19H23F. The summed E-state index contributed by atoms with van der Waals surface area (Å²) in [5.74, 6) is -0.0470. The van der Waals surface area contributed by atoms with Gasteiger partial charge in [-0.3, -0.25) is 0 Å². The first-order valence-electron chi connectivity index (χ1n) is 7.65. The lowest BCUT2D eigenvalue weighted by atomic mass is 9.99. The summed E-state index contributed by atoms with van der Waals surface area (Å²) in [5.41, 5.74) is 2.53. The molecule has 0 heterocycles. The molecule has 106 valence electrons. The predicted molar refractivity (Wildman–Crippen MR) is 84.3 cm³/mol. The highest BCUT2D eigenvalue weighted by Gasteiger charge is 2.09. The van der Waals surface area contributed by atoms with Gasteiger partial charge in [0.05, 0.1) is 0 Å². The molecule has 0 aliphatic carbocycles. The van der Waals surface area contributed by atoms with E-state index in [0.29, 0.717) is 0 Å². The summed E-state index contributed by atoms with van der Waals surface area (Å²) in [6.07, 6.45) is 6.91. The molecule has 0 aromatic heterocycles. The topological polar surface area (TPSA) is 0 Å². The minimum absolute atomic E-state index is 0.0470. The van der Waals surface area contributed by atoms with Crippen molar-refractivity contribution in [2.45, 2.75) is 45.4 Å². The van der Waals surface area contributed by atoms with Crippen molar-refractivity contribution in [3.05, 3.63) is 59.9 Å². The summed E-state index contributed by atoms with van der Waals surface area (Å²) in [6, 6.07) is 15.5. The minimum atomic E-state index is -0.0470. The van der Waals surface area contributed by atoms with E-state index in [1.54, 1.807) is 0 Å². The van der Waals surface area contributed by atoms with Crippen molar-refractivity contribution in [3.8, 4) is 11.1 Å². The normalized spacial score (nSPS) is 10.7. The van der Waals surface area contributed by atoms with E-state index in [1.165, 1.54) is 25.7 Å². The molecule has 0 nitrogen and oxygen atoms in total. The van der Waals surface area contributed by atoms with E-state index in [4.69, 9.17) is 0 Å². The number of hydrogen-bond donors (Lipinski definition) is 0. The van der Waals surface area contributed by atoms with Gasteiger partial charge in [0, 0.05) is 5.56 Å². The Morgan fingerprint density at radius 3 is 2.30 bits per heavy atom. The van der Waals surface area contributed by atoms with Crippen LogP contribution >= 0.6 is 0 Å². The summed E-state index contributed by atoms with van der Waals surface area (Å²) in [5, 5.41) is 0. The second-order valence-electron chi connectivity index (χ2n) is 5.31. The van der Waals surface area contributed by atoms with Crippen LogP contribution in [0.5, 0.6) is 0 Å². The number of rotatable bonds is 7. The summed E-state index contributed by atoms with van der Waals surface area (Å²) in [6.45, 7) is 2.21. The van der Waals surface area contributed by atoms with E-state index in [9.17, 15) is 4.39 Å². The van der Waals surface area contributed by atoms with Gasteiger partial charge in [-0.15, -0.1) is 0 Å². The minimum Gasteiger partial charge on any atom is -0.206 e. The van der Waals surface area contributed by atoms with Crippen molar-refractivity contribution in [3.63, 3.8) is 0 Å². The van der Waals surface area contributed by atoms with Gasteiger partial charge >= 0.3 is 0 Å². The number of benzene rings is 2. The maximum atomic E-state index is 14.5. The third kappa shape index (κ3) is 3.93. The van der Waals surface area contributed by atoms with Crippen LogP contribution in [0.25, 0.3) is 11.1 Å². The van der Waals surface area contributed by atoms with Gasteiger partial charge < -0.3 is 0 Å². The van der Waals surface area contributed by atoms with E-state index >= 15 is 0 Å².